The van der Waals surface area contributed by atoms with Crippen LogP contribution in [0.4, 0.5) is 0 Å². The summed E-state index contributed by atoms with van der Waals surface area (Å²) in [5, 5.41) is 18.8. The van der Waals surface area contributed by atoms with E-state index in [0.29, 0.717) is 17.9 Å². The van der Waals surface area contributed by atoms with E-state index in [4.69, 9.17) is 5.11 Å². The van der Waals surface area contributed by atoms with Crippen molar-refractivity contribution >= 4 is 39.6 Å². The first kappa shape index (κ1) is 17.5. The summed E-state index contributed by atoms with van der Waals surface area (Å²) in [5.41, 5.74) is 0.528. The second kappa shape index (κ2) is 8.68. The first-order valence-electron chi connectivity index (χ1n) is 6.79. The molecule has 0 aliphatic carbocycles. The maximum atomic E-state index is 11.8. The first-order valence-corrected chi connectivity index (χ1v) is 8.56. The second-order valence-electron chi connectivity index (χ2n) is 4.63. The lowest BCUT2D eigenvalue weighted by Gasteiger charge is -2.03. The third-order valence-corrected chi connectivity index (χ3v) is 4.30. The van der Waals surface area contributed by atoms with Gasteiger partial charge in [-0.2, -0.15) is 0 Å². The summed E-state index contributed by atoms with van der Waals surface area (Å²) < 4.78 is 2.24. The molecule has 1 aromatic heterocycles. The molecule has 0 saturated heterocycles. The molecule has 0 spiro atoms. The van der Waals surface area contributed by atoms with E-state index in [2.05, 4.69) is 31.6 Å². The Morgan fingerprint density at radius 3 is 2.74 bits per heavy atom. The van der Waals surface area contributed by atoms with Gasteiger partial charge in [0.2, 0.25) is 5.91 Å². The van der Waals surface area contributed by atoms with E-state index in [9.17, 15) is 9.59 Å². The smallest absolute Gasteiger partial charge is 0.325 e. The minimum absolute atomic E-state index is 0.0811. The highest BCUT2D eigenvalue weighted by molar-refractivity contribution is 9.10. The quantitative estimate of drug-likeness (QED) is 0.659. The largest absolute Gasteiger partial charge is 0.480 e. The minimum Gasteiger partial charge on any atom is -0.480 e. The Kier molecular flexibility index (Phi) is 6.60. The summed E-state index contributed by atoms with van der Waals surface area (Å²) in [7, 11) is 0. The van der Waals surface area contributed by atoms with Crippen molar-refractivity contribution in [3.05, 3.63) is 40.6 Å². The molecule has 1 aromatic carbocycles. The topological polar surface area (TPSA) is 97.1 Å². The third-order valence-electron chi connectivity index (χ3n) is 2.76. The van der Waals surface area contributed by atoms with Crippen molar-refractivity contribution in [2.24, 2.45) is 0 Å². The fourth-order valence-electron chi connectivity index (χ4n) is 1.71. The van der Waals surface area contributed by atoms with Gasteiger partial charge in [-0.05, 0) is 24.3 Å². The number of hydrogen-bond acceptors (Lipinski definition) is 5. The van der Waals surface area contributed by atoms with Crippen LogP contribution < -0.4 is 5.32 Å². The maximum absolute atomic E-state index is 11.8. The van der Waals surface area contributed by atoms with Crippen LogP contribution in [0, 0.1) is 0 Å². The van der Waals surface area contributed by atoms with Crippen molar-refractivity contribution in [1.29, 1.82) is 0 Å². The third kappa shape index (κ3) is 6.41. The van der Waals surface area contributed by atoms with Crippen molar-refractivity contribution in [1.82, 2.24) is 20.3 Å². The van der Waals surface area contributed by atoms with Gasteiger partial charge >= 0.3 is 5.97 Å². The van der Waals surface area contributed by atoms with E-state index in [0.717, 1.165) is 9.37 Å². The number of hydrogen-bond donors (Lipinski definition) is 2. The molecule has 0 bridgehead atoms. The molecule has 122 valence electrons. The minimum atomic E-state index is -0.990. The predicted octanol–water partition coefficient (Wildman–Crippen LogP) is 1.92. The number of nitrogens with one attached hydrogen (secondary N) is 1. The number of carboxylic acids is 1. The molecule has 7 nitrogen and oxygen atoms in total. The molecule has 0 unspecified atom stereocenters. The molecule has 2 rings (SSSR count). The van der Waals surface area contributed by atoms with Gasteiger partial charge in [-0.15, -0.1) is 16.9 Å². The molecule has 0 radical (unpaired) electrons. The van der Waals surface area contributed by atoms with Crippen LogP contribution in [0.1, 0.15) is 12.1 Å². The van der Waals surface area contributed by atoms with E-state index in [-0.39, 0.29) is 19.0 Å². The first-order chi connectivity index (χ1) is 11.0. The van der Waals surface area contributed by atoms with Crippen molar-refractivity contribution in [3.8, 4) is 0 Å². The molecule has 1 heterocycles. The van der Waals surface area contributed by atoms with Crippen LogP contribution in [0.5, 0.6) is 0 Å². The summed E-state index contributed by atoms with van der Waals surface area (Å²) in [5.74, 6) is -0.392. The highest BCUT2D eigenvalue weighted by Crippen LogP contribution is 2.21. The van der Waals surface area contributed by atoms with Gasteiger partial charge in [0, 0.05) is 21.5 Å². The van der Waals surface area contributed by atoms with E-state index in [1.165, 1.54) is 10.9 Å². The van der Waals surface area contributed by atoms with Gasteiger partial charge in [0.1, 0.15) is 12.2 Å². The fraction of sp³-hybridized carbons (Fsp3) is 0.286. The Hall–Kier alpha value is -1.87. The zero-order valence-electron chi connectivity index (χ0n) is 12.1. The number of thioether (sulfide) groups is 1. The van der Waals surface area contributed by atoms with Crippen molar-refractivity contribution in [2.75, 3.05) is 5.75 Å². The molecule has 0 aliphatic heterocycles. The molecular weight excluding hydrogens is 384 g/mol. The van der Waals surface area contributed by atoms with Crippen LogP contribution in [0.25, 0.3) is 0 Å². The number of benzene rings is 1. The predicted molar refractivity (Wildman–Crippen MR) is 89.0 cm³/mol. The van der Waals surface area contributed by atoms with Gasteiger partial charge in [-0.1, -0.05) is 21.1 Å². The van der Waals surface area contributed by atoms with Gasteiger partial charge in [-0.25, -0.2) is 4.68 Å². The molecule has 9 heteroatoms. The lowest BCUT2D eigenvalue weighted by Crippen LogP contribution is -2.23. The number of carbonyl (C=O) groups excluding carboxylic acids is 1. The van der Waals surface area contributed by atoms with E-state index in [1.807, 2.05) is 24.3 Å². The average molecular weight is 399 g/mol. The Labute approximate surface area is 145 Å². The second-order valence-corrected chi connectivity index (χ2v) is 6.71. The Bertz CT molecular complexity index is 675. The molecule has 0 fully saturated rings. The Balaban J connectivity index is 1.67. The van der Waals surface area contributed by atoms with Crippen LogP contribution in [0.2, 0.25) is 0 Å². The molecule has 0 saturated carbocycles. The molecule has 2 aromatic rings. The highest BCUT2D eigenvalue weighted by atomic mass is 79.9. The van der Waals surface area contributed by atoms with Gasteiger partial charge in [0.25, 0.3) is 0 Å². The molecule has 0 atom stereocenters. The van der Waals surface area contributed by atoms with Gasteiger partial charge in [0.15, 0.2) is 0 Å². The highest BCUT2D eigenvalue weighted by Gasteiger charge is 2.06. The van der Waals surface area contributed by atoms with Crippen molar-refractivity contribution in [3.63, 3.8) is 0 Å². The van der Waals surface area contributed by atoms with Crippen LogP contribution in [0.15, 0.2) is 39.8 Å². The maximum Gasteiger partial charge on any atom is 0.325 e. The average Bonchev–Trinajstić information content (AvgIpc) is 2.94. The monoisotopic (exact) mass is 398 g/mol. The molecule has 2 N–H and O–H groups in total. The standard InChI is InChI=1S/C14H15BrN4O3S/c15-10-1-3-12(4-2-10)23-6-5-13(20)16-7-11-8-19(18-17-11)9-14(21)22/h1-4,8H,5-7,9H2,(H,16,20)(H,21,22). The van der Waals surface area contributed by atoms with Crippen molar-refractivity contribution < 1.29 is 14.7 Å². The number of carboxylic acid groups (broad SMARTS) is 1. The van der Waals surface area contributed by atoms with E-state index >= 15 is 0 Å². The normalized spacial score (nSPS) is 10.5. The Morgan fingerprint density at radius 2 is 2.04 bits per heavy atom. The number of aliphatic carboxylic acids is 1. The zero-order chi connectivity index (χ0) is 16.7. The number of rotatable bonds is 8. The summed E-state index contributed by atoms with van der Waals surface area (Å²) in [6.45, 7) is -0.00776. The SMILES string of the molecule is O=C(O)Cn1cc(CNC(=O)CCSc2ccc(Br)cc2)nn1. The summed E-state index contributed by atoms with van der Waals surface area (Å²) in [6.07, 6.45) is 1.90. The van der Waals surface area contributed by atoms with Gasteiger partial charge < -0.3 is 10.4 Å². The van der Waals surface area contributed by atoms with Crippen molar-refractivity contribution in [2.45, 2.75) is 24.4 Å². The number of halogens is 1. The lowest BCUT2D eigenvalue weighted by atomic mass is 10.4. The molecule has 23 heavy (non-hydrogen) atoms. The summed E-state index contributed by atoms with van der Waals surface area (Å²) in [4.78, 5) is 23.4. The zero-order valence-corrected chi connectivity index (χ0v) is 14.5. The Morgan fingerprint density at radius 1 is 1.30 bits per heavy atom. The van der Waals surface area contributed by atoms with Crippen LogP contribution in [0.3, 0.4) is 0 Å². The number of aromatic nitrogens is 3. The molecule has 1 amide bonds. The van der Waals surface area contributed by atoms with Crippen LogP contribution in [-0.2, 0) is 22.7 Å². The van der Waals surface area contributed by atoms with Crippen LogP contribution in [-0.4, -0.2) is 37.7 Å². The number of amides is 1. The van der Waals surface area contributed by atoms with Gasteiger partial charge in [-0.3, -0.25) is 9.59 Å². The number of carbonyl (C=O) groups is 2. The lowest BCUT2D eigenvalue weighted by molar-refractivity contribution is -0.138. The molecule has 0 aliphatic rings. The van der Waals surface area contributed by atoms with Gasteiger partial charge in [0.05, 0.1) is 12.7 Å². The van der Waals surface area contributed by atoms with E-state index in [1.54, 1.807) is 11.8 Å². The summed E-state index contributed by atoms with van der Waals surface area (Å²) in [6, 6.07) is 7.91. The summed E-state index contributed by atoms with van der Waals surface area (Å²) >= 11 is 4.99. The van der Waals surface area contributed by atoms with Crippen LogP contribution >= 0.6 is 27.7 Å². The van der Waals surface area contributed by atoms with E-state index < -0.39 is 5.97 Å². The fourth-order valence-corrected chi connectivity index (χ4v) is 2.82. The number of nitrogens with zero attached hydrogens (tertiary/aromatic N) is 3. The molecular formula is C14H15BrN4O3S.